The first-order chi connectivity index (χ1) is 7.36. The Hall–Kier alpha value is -0.940. The second-order valence-electron chi connectivity index (χ2n) is 3.80. The van der Waals surface area contributed by atoms with Crippen LogP contribution in [0.25, 0.3) is 4.96 Å². The van der Waals surface area contributed by atoms with E-state index in [1.165, 1.54) is 0 Å². The van der Waals surface area contributed by atoms with Crippen LogP contribution in [0, 0.1) is 0 Å². The Morgan fingerprint density at radius 1 is 1.67 bits per heavy atom. The lowest BCUT2D eigenvalue weighted by Gasteiger charge is -2.00. The quantitative estimate of drug-likeness (QED) is 0.780. The van der Waals surface area contributed by atoms with Crippen molar-refractivity contribution in [2.45, 2.75) is 25.7 Å². The van der Waals surface area contributed by atoms with Crippen LogP contribution in [0.5, 0.6) is 0 Å². The molecule has 0 amide bonds. The van der Waals surface area contributed by atoms with E-state index in [4.69, 9.17) is 4.74 Å². The molecule has 80 valence electrons. The number of aryl methyl sites for hydroxylation is 1. The van der Waals surface area contributed by atoms with Crippen LogP contribution in [0.15, 0.2) is 6.20 Å². The van der Waals surface area contributed by atoms with Crippen LogP contribution in [0.4, 0.5) is 0 Å². The molecule has 1 saturated heterocycles. The third kappa shape index (κ3) is 1.55. The highest BCUT2D eigenvalue weighted by Gasteiger charge is 2.21. The van der Waals surface area contributed by atoms with Crippen LogP contribution < -0.4 is 0 Å². The van der Waals surface area contributed by atoms with Crippen molar-refractivity contribution >= 4 is 16.3 Å². The third-order valence-electron chi connectivity index (χ3n) is 2.75. The molecule has 1 aliphatic heterocycles. The standard InChI is InChI=1S/C10H13N3OS/c1-2-9-12-13-5-8(11-10(13)15-9)7-3-4-14-6-7/h5,7H,2-4,6H2,1H3. The van der Waals surface area contributed by atoms with Gasteiger partial charge >= 0.3 is 0 Å². The minimum absolute atomic E-state index is 0.476. The molecule has 3 heterocycles. The summed E-state index contributed by atoms with van der Waals surface area (Å²) in [5, 5.41) is 5.60. The van der Waals surface area contributed by atoms with E-state index in [2.05, 4.69) is 17.0 Å². The molecule has 2 aromatic rings. The SMILES string of the molecule is CCc1nn2cc(C3CCOC3)nc2s1. The van der Waals surface area contributed by atoms with E-state index in [1.54, 1.807) is 11.3 Å². The Labute approximate surface area is 91.9 Å². The number of hydrogen-bond donors (Lipinski definition) is 0. The first-order valence-corrected chi connectivity index (χ1v) is 6.11. The Balaban J connectivity index is 1.96. The lowest BCUT2D eigenvalue weighted by Crippen LogP contribution is -1.97. The molecular formula is C10H13N3OS. The number of rotatable bonds is 2. The van der Waals surface area contributed by atoms with E-state index >= 15 is 0 Å². The molecule has 0 N–H and O–H groups in total. The fourth-order valence-corrected chi connectivity index (χ4v) is 2.69. The summed E-state index contributed by atoms with van der Waals surface area (Å²) in [4.78, 5) is 5.61. The van der Waals surface area contributed by atoms with Crippen LogP contribution in [0.2, 0.25) is 0 Å². The highest BCUT2D eigenvalue weighted by molar-refractivity contribution is 7.16. The minimum atomic E-state index is 0.476. The predicted octanol–water partition coefficient (Wildman–Crippen LogP) is 1.86. The summed E-state index contributed by atoms with van der Waals surface area (Å²) in [6.07, 6.45) is 4.12. The number of hydrogen-bond acceptors (Lipinski definition) is 4. The Bertz CT molecular complexity index is 438. The van der Waals surface area contributed by atoms with Gasteiger partial charge in [0, 0.05) is 12.5 Å². The average Bonchev–Trinajstić information content (AvgIpc) is 2.91. The summed E-state index contributed by atoms with van der Waals surface area (Å²) in [5.41, 5.74) is 1.13. The van der Waals surface area contributed by atoms with Gasteiger partial charge in [0.1, 0.15) is 5.01 Å². The van der Waals surface area contributed by atoms with E-state index in [0.717, 1.165) is 41.7 Å². The van der Waals surface area contributed by atoms with Gasteiger partial charge in [-0.05, 0) is 12.8 Å². The van der Waals surface area contributed by atoms with Crippen molar-refractivity contribution in [1.82, 2.24) is 14.6 Å². The molecule has 0 radical (unpaired) electrons. The lowest BCUT2D eigenvalue weighted by atomic mass is 10.1. The monoisotopic (exact) mass is 223 g/mol. The highest BCUT2D eigenvalue weighted by atomic mass is 32.1. The average molecular weight is 223 g/mol. The second-order valence-corrected chi connectivity index (χ2v) is 4.84. The maximum Gasteiger partial charge on any atom is 0.212 e. The summed E-state index contributed by atoms with van der Waals surface area (Å²) in [6.45, 7) is 3.79. The first-order valence-electron chi connectivity index (χ1n) is 5.29. The van der Waals surface area contributed by atoms with Gasteiger partial charge in [-0.3, -0.25) is 0 Å². The van der Waals surface area contributed by atoms with Gasteiger partial charge < -0.3 is 4.74 Å². The molecule has 0 aromatic carbocycles. The zero-order valence-corrected chi connectivity index (χ0v) is 9.46. The van der Waals surface area contributed by atoms with Crippen molar-refractivity contribution in [3.05, 3.63) is 16.9 Å². The Kier molecular flexibility index (Phi) is 2.21. The third-order valence-corrected chi connectivity index (χ3v) is 3.82. The van der Waals surface area contributed by atoms with Crippen molar-refractivity contribution in [2.24, 2.45) is 0 Å². The molecular weight excluding hydrogens is 210 g/mol. The summed E-state index contributed by atoms with van der Waals surface area (Å²) in [7, 11) is 0. The van der Waals surface area contributed by atoms with Gasteiger partial charge in [0.15, 0.2) is 0 Å². The van der Waals surface area contributed by atoms with Gasteiger partial charge in [0.05, 0.1) is 18.5 Å². The second kappa shape index (κ2) is 3.57. The molecule has 1 aliphatic rings. The van der Waals surface area contributed by atoms with E-state index in [0.29, 0.717) is 5.92 Å². The van der Waals surface area contributed by atoms with Crippen LogP contribution in [0.3, 0.4) is 0 Å². The smallest absolute Gasteiger partial charge is 0.212 e. The van der Waals surface area contributed by atoms with Crippen LogP contribution in [-0.4, -0.2) is 27.8 Å². The Morgan fingerprint density at radius 2 is 2.60 bits per heavy atom. The zero-order chi connectivity index (χ0) is 10.3. The molecule has 3 rings (SSSR count). The topological polar surface area (TPSA) is 39.4 Å². The van der Waals surface area contributed by atoms with Gasteiger partial charge in [-0.2, -0.15) is 5.10 Å². The molecule has 0 spiro atoms. The van der Waals surface area contributed by atoms with Crippen molar-refractivity contribution in [2.75, 3.05) is 13.2 Å². The molecule has 1 unspecified atom stereocenters. The molecule has 0 aliphatic carbocycles. The molecule has 0 saturated carbocycles. The van der Waals surface area contributed by atoms with E-state index in [9.17, 15) is 0 Å². The normalized spacial score (nSPS) is 21.5. The number of ether oxygens (including phenoxy) is 1. The predicted molar refractivity (Wildman–Crippen MR) is 58.4 cm³/mol. The summed E-state index contributed by atoms with van der Waals surface area (Å²) in [6, 6.07) is 0. The zero-order valence-electron chi connectivity index (χ0n) is 8.64. The number of aromatic nitrogens is 3. The van der Waals surface area contributed by atoms with Crippen molar-refractivity contribution in [1.29, 1.82) is 0 Å². The van der Waals surface area contributed by atoms with Gasteiger partial charge in [-0.1, -0.05) is 18.3 Å². The number of fused-ring (bicyclic) bond motifs is 1. The number of nitrogens with zero attached hydrogens (tertiary/aromatic N) is 3. The minimum Gasteiger partial charge on any atom is -0.381 e. The molecule has 5 heteroatoms. The van der Waals surface area contributed by atoms with Crippen LogP contribution in [-0.2, 0) is 11.2 Å². The summed E-state index contributed by atoms with van der Waals surface area (Å²) >= 11 is 1.68. The fraction of sp³-hybridized carbons (Fsp3) is 0.600. The van der Waals surface area contributed by atoms with Crippen molar-refractivity contribution in [3.63, 3.8) is 0 Å². The summed E-state index contributed by atoms with van der Waals surface area (Å²) < 4.78 is 7.26. The van der Waals surface area contributed by atoms with Gasteiger partial charge in [-0.15, -0.1) is 0 Å². The lowest BCUT2D eigenvalue weighted by molar-refractivity contribution is 0.193. The van der Waals surface area contributed by atoms with Crippen LogP contribution in [0.1, 0.15) is 30.0 Å². The summed E-state index contributed by atoms with van der Waals surface area (Å²) in [5.74, 6) is 0.476. The molecule has 15 heavy (non-hydrogen) atoms. The van der Waals surface area contributed by atoms with Gasteiger partial charge in [-0.25, -0.2) is 9.50 Å². The molecule has 4 nitrogen and oxygen atoms in total. The largest absolute Gasteiger partial charge is 0.381 e. The first kappa shape index (κ1) is 9.30. The molecule has 2 aromatic heterocycles. The number of imidazole rings is 1. The van der Waals surface area contributed by atoms with Gasteiger partial charge in [0.2, 0.25) is 4.96 Å². The van der Waals surface area contributed by atoms with Crippen molar-refractivity contribution in [3.8, 4) is 0 Å². The highest BCUT2D eigenvalue weighted by Crippen LogP contribution is 2.26. The maximum atomic E-state index is 5.36. The molecule has 1 atom stereocenters. The van der Waals surface area contributed by atoms with E-state index in [1.807, 2.05) is 10.7 Å². The maximum absolute atomic E-state index is 5.36. The Morgan fingerprint density at radius 3 is 3.27 bits per heavy atom. The van der Waals surface area contributed by atoms with E-state index in [-0.39, 0.29) is 0 Å². The van der Waals surface area contributed by atoms with Crippen LogP contribution >= 0.6 is 11.3 Å². The molecule has 1 fully saturated rings. The fourth-order valence-electron chi connectivity index (χ4n) is 1.87. The van der Waals surface area contributed by atoms with Gasteiger partial charge in [0.25, 0.3) is 0 Å². The van der Waals surface area contributed by atoms with Crippen molar-refractivity contribution < 1.29 is 4.74 Å². The molecule has 0 bridgehead atoms. The van der Waals surface area contributed by atoms with E-state index < -0.39 is 0 Å².